The van der Waals surface area contributed by atoms with Crippen LogP contribution < -0.4 is 14.8 Å². The number of aliphatic imine (C=N–C) groups is 1. The van der Waals surface area contributed by atoms with Crippen molar-refractivity contribution >= 4 is 12.1 Å². The number of carbonyl (C=O) groups excluding carboxylic acids is 1. The van der Waals surface area contributed by atoms with E-state index in [1.807, 2.05) is 13.8 Å². The van der Waals surface area contributed by atoms with E-state index in [1.54, 1.807) is 18.3 Å². The molecule has 168 valence electrons. The number of aromatic nitrogens is 1. The van der Waals surface area contributed by atoms with Crippen molar-refractivity contribution in [2.24, 2.45) is 10.9 Å². The first-order chi connectivity index (χ1) is 14.6. The molecular weight excluding hydrogens is 411 g/mol. The van der Waals surface area contributed by atoms with Crippen LogP contribution in [-0.2, 0) is 17.5 Å². The SMILES string of the molecule is CN=Cc1ccc(OC(CC(C)C)C(=O)NCc2ccc(OC)nc2)cc1C(F)(F)F. The van der Waals surface area contributed by atoms with Gasteiger partial charge in [-0.2, -0.15) is 13.2 Å². The van der Waals surface area contributed by atoms with Gasteiger partial charge in [0.05, 0.1) is 12.7 Å². The Morgan fingerprint density at radius 1 is 1.26 bits per heavy atom. The van der Waals surface area contributed by atoms with E-state index in [0.717, 1.165) is 17.8 Å². The largest absolute Gasteiger partial charge is 0.481 e. The standard InChI is InChI=1S/C22H26F3N3O3/c1-14(2)9-19(21(29)28-12-15-5-8-20(30-4)27-11-15)31-17-7-6-16(13-26-3)18(10-17)22(23,24)25/h5-8,10-11,13-14,19H,9,12H2,1-4H3,(H,28,29). The van der Waals surface area contributed by atoms with Crippen LogP contribution in [0, 0.1) is 5.92 Å². The molecule has 9 heteroatoms. The summed E-state index contributed by atoms with van der Waals surface area (Å²) in [5.41, 5.74) is -0.192. The Bertz CT molecular complexity index is 897. The first-order valence-electron chi connectivity index (χ1n) is 9.70. The number of ether oxygens (including phenoxy) is 2. The maximum absolute atomic E-state index is 13.4. The van der Waals surface area contributed by atoms with Gasteiger partial charge in [-0.1, -0.05) is 19.9 Å². The summed E-state index contributed by atoms with van der Waals surface area (Å²) in [5, 5.41) is 2.75. The topological polar surface area (TPSA) is 72.8 Å². The van der Waals surface area contributed by atoms with Crippen LogP contribution in [0.3, 0.4) is 0 Å². The zero-order valence-electron chi connectivity index (χ0n) is 17.9. The van der Waals surface area contributed by atoms with E-state index in [4.69, 9.17) is 9.47 Å². The van der Waals surface area contributed by atoms with Crippen LogP contribution in [-0.4, -0.2) is 37.4 Å². The summed E-state index contributed by atoms with van der Waals surface area (Å²) in [6, 6.07) is 7.00. The number of hydrogen-bond donors (Lipinski definition) is 1. The number of nitrogens with one attached hydrogen (secondary N) is 1. The van der Waals surface area contributed by atoms with Crippen molar-refractivity contribution in [2.75, 3.05) is 14.2 Å². The number of benzene rings is 1. The summed E-state index contributed by atoms with van der Waals surface area (Å²) in [4.78, 5) is 20.4. The first kappa shape index (κ1) is 24.2. The normalized spacial score (nSPS) is 12.8. The lowest BCUT2D eigenvalue weighted by molar-refractivity contribution is -0.137. The fourth-order valence-electron chi connectivity index (χ4n) is 2.85. The quantitative estimate of drug-likeness (QED) is 0.595. The van der Waals surface area contributed by atoms with E-state index in [1.165, 1.54) is 26.3 Å². The number of methoxy groups -OCH3 is 1. The Hall–Kier alpha value is -3.10. The third-order valence-electron chi connectivity index (χ3n) is 4.33. The minimum Gasteiger partial charge on any atom is -0.481 e. The lowest BCUT2D eigenvalue weighted by Crippen LogP contribution is -2.39. The average Bonchev–Trinajstić information content (AvgIpc) is 2.72. The molecule has 2 aromatic rings. The molecule has 1 amide bonds. The molecule has 1 aromatic carbocycles. The Kier molecular flexibility index (Phi) is 8.41. The number of halogens is 3. The second kappa shape index (κ2) is 10.8. The van der Waals surface area contributed by atoms with Crippen LogP contribution in [0.5, 0.6) is 11.6 Å². The Labute approximate surface area is 179 Å². The highest BCUT2D eigenvalue weighted by molar-refractivity contribution is 5.83. The minimum absolute atomic E-state index is 0.0347. The number of nitrogens with zero attached hydrogens (tertiary/aromatic N) is 2. The lowest BCUT2D eigenvalue weighted by atomic mass is 10.0. The molecule has 0 bridgehead atoms. The Balaban J connectivity index is 2.17. The van der Waals surface area contributed by atoms with Crippen molar-refractivity contribution in [3.05, 3.63) is 53.2 Å². The van der Waals surface area contributed by atoms with Gasteiger partial charge >= 0.3 is 6.18 Å². The Morgan fingerprint density at radius 2 is 2.00 bits per heavy atom. The van der Waals surface area contributed by atoms with Gasteiger partial charge in [0, 0.05) is 37.6 Å². The molecule has 0 spiro atoms. The van der Waals surface area contributed by atoms with Gasteiger partial charge in [0.25, 0.3) is 5.91 Å². The fourth-order valence-corrected chi connectivity index (χ4v) is 2.85. The second-order valence-corrected chi connectivity index (χ2v) is 7.30. The van der Waals surface area contributed by atoms with Gasteiger partial charge in [0.15, 0.2) is 6.10 Å². The highest BCUT2D eigenvalue weighted by Gasteiger charge is 2.34. The molecule has 2 rings (SSSR count). The maximum Gasteiger partial charge on any atom is 0.417 e. The molecule has 0 fully saturated rings. The van der Waals surface area contributed by atoms with E-state index < -0.39 is 23.8 Å². The summed E-state index contributed by atoms with van der Waals surface area (Å²) in [7, 11) is 2.90. The van der Waals surface area contributed by atoms with Gasteiger partial charge in [-0.25, -0.2) is 4.98 Å². The molecule has 0 aliphatic rings. The second-order valence-electron chi connectivity index (χ2n) is 7.30. The van der Waals surface area contributed by atoms with Gasteiger partial charge in [0.1, 0.15) is 5.75 Å². The van der Waals surface area contributed by atoms with Gasteiger partial charge in [-0.3, -0.25) is 9.79 Å². The summed E-state index contributed by atoms with van der Waals surface area (Å²) in [5.74, 6) is 0.0879. The van der Waals surface area contributed by atoms with Crippen LogP contribution in [0.2, 0.25) is 0 Å². The zero-order valence-corrected chi connectivity index (χ0v) is 17.9. The maximum atomic E-state index is 13.4. The monoisotopic (exact) mass is 437 g/mol. The van der Waals surface area contributed by atoms with Gasteiger partial charge in [-0.05, 0) is 36.1 Å². The number of amides is 1. The predicted octanol–water partition coefficient (Wildman–Crippen LogP) is 4.27. The molecule has 1 unspecified atom stereocenters. The number of hydrogen-bond acceptors (Lipinski definition) is 5. The number of carbonyl (C=O) groups is 1. The molecule has 0 saturated heterocycles. The van der Waals surface area contributed by atoms with Crippen molar-refractivity contribution in [1.29, 1.82) is 0 Å². The van der Waals surface area contributed by atoms with E-state index in [9.17, 15) is 18.0 Å². The van der Waals surface area contributed by atoms with Crippen LogP contribution in [0.15, 0.2) is 41.5 Å². The molecule has 0 aliphatic heterocycles. The third-order valence-corrected chi connectivity index (χ3v) is 4.33. The summed E-state index contributed by atoms with van der Waals surface area (Å²) in [6.45, 7) is 4.01. The smallest absolute Gasteiger partial charge is 0.417 e. The molecule has 0 saturated carbocycles. The predicted molar refractivity (Wildman–Crippen MR) is 111 cm³/mol. The number of pyridine rings is 1. The average molecular weight is 437 g/mol. The van der Waals surface area contributed by atoms with Crippen LogP contribution >= 0.6 is 0 Å². The van der Waals surface area contributed by atoms with Crippen LogP contribution in [0.25, 0.3) is 0 Å². The minimum atomic E-state index is -4.58. The van der Waals surface area contributed by atoms with Crippen molar-refractivity contribution in [3.63, 3.8) is 0 Å². The third kappa shape index (κ3) is 7.27. The van der Waals surface area contributed by atoms with Crippen molar-refractivity contribution in [3.8, 4) is 11.6 Å². The molecule has 1 aromatic heterocycles. The molecule has 1 atom stereocenters. The van der Waals surface area contributed by atoms with Gasteiger partial charge < -0.3 is 14.8 Å². The Morgan fingerprint density at radius 3 is 2.55 bits per heavy atom. The number of alkyl halides is 3. The van der Waals surface area contributed by atoms with E-state index in [2.05, 4.69) is 15.3 Å². The van der Waals surface area contributed by atoms with Gasteiger partial charge in [0.2, 0.25) is 5.88 Å². The van der Waals surface area contributed by atoms with Crippen molar-refractivity contribution < 1.29 is 27.4 Å². The number of rotatable bonds is 9. The molecule has 0 radical (unpaired) electrons. The summed E-state index contributed by atoms with van der Waals surface area (Å²) >= 11 is 0. The molecule has 31 heavy (non-hydrogen) atoms. The zero-order chi connectivity index (χ0) is 23.0. The van der Waals surface area contributed by atoms with Crippen LogP contribution in [0.4, 0.5) is 13.2 Å². The van der Waals surface area contributed by atoms with Gasteiger partial charge in [-0.15, -0.1) is 0 Å². The van der Waals surface area contributed by atoms with Crippen LogP contribution in [0.1, 0.15) is 37.0 Å². The lowest BCUT2D eigenvalue weighted by Gasteiger charge is -2.21. The van der Waals surface area contributed by atoms with E-state index in [-0.39, 0.29) is 23.8 Å². The summed E-state index contributed by atoms with van der Waals surface area (Å²) in [6.07, 6.45) is -2.48. The molecule has 1 heterocycles. The molecule has 1 N–H and O–H groups in total. The first-order valence-corrected chi connectivity index (χ1v) is 9.70. The van der Waals surface area contributed by atoms with Crippen molar-refractivity contribution in [1.82, 2.24) is 10.3 Å². The fraction of sp³-hybridized carbons (Fsp3) is 0.409. The molecule has 0 aliphatic carbocycles. The highest BCUT2D eigenvalue weighted by Crippen LogP contribution is 2.34. The highest BCUT2D eigenvalue weighted by atomic mass is 19.4. The van der Waals surface area contributed by atoms with E-state index in [0.29, 0.717) is 12.3 Å². The molecular formula is C22H26F3N3O3. The molecule has 6 nitrogen and oxygen atoms in total. The summed E-state index contributed by atoms with van der Waals surface area (Å²) < 4.78 is 50.9. The van der Waals surface area contributed by atoms with E-state index >= 15 is 0 Å². The van der Waals surface area contributed by atoms with Crippen molar-refractivity contribution in [2.45, 2.75) is 39.1 Å².